The highest BCUT2D eigenvalue weighted by Gasteiger charge is 2.10. The maximum atomic E-state index is 5.48. The van der Waals surface area contributed by atoms with Gasteiger partial charge < -0.3 is 4.74 Å². The molecule has 0 N–H and O–H groups in total. The van der Waals surface area contributed by atoms with Crippen molar-refractivity contribution in [3.05, 3.63) is 30.7 Å². The van der Waals surface area contributed by atoms with Crippen LogP contribution < -0.4 is 4.74 Å². The first-order chi connectivity index (χ1) is 6.45. The summed E-state index contributed by atoms with van der Waals surface area (Å²) in [6.07, 6.45) is 11.6. The molecule has 1 heterocycles. The highest BCUT2D eigenvalue weighted by atomic mass is 16.5. The molecule has 0 bridgehead atoms. The molecule has 0 unspecified atom stereocenters. The van der Waals surface area contributed by atoms with Gasteiger partial charge in [0.15, 0.2) is 0 Å². The molecule has 1 aliphatic carbocycles. The van der Waals surface area contributed by atoms with Gasteiger partial charge in [-0.15, -0.1) is 0 Å². The molecular weight excluding hydrogens is 164 g/mol. The van der Waals surface area contributed by atoms with Gasteiger partial charge in [0.1, 0.15) is 0 Å². The molecule has 2 rings (SSSR count). The molecule has 0 spiro atoms. The van der Waals surface area contributed by atoms with E-state index in [1.165, 1.54) is 0 Å². The Hall–Kier alpha value is -1.38. The van der Waals surface area contributed by atoms with Crippen LogP contribution in [-0.4, -0.2) is 16.6 Å². The summed E-state index contributed by atoms with van der Waals surface area (Å²) < 4.78 is 5.48. The van der Waals surface area contributed by atoms with E-state index >= 15 is 0 Å². The zero-order valence-electron chi connectivity index (χ0n) is 7.39. The van der Waals surface area contributed by atoms with E-state index < -0.39 is 0 Å². The summed E-state index contributed by atoms with van der Waals surface area (Å²) in [5.41, 5.74) is 0. The van der Waals surface area contributed by atoms with Crippen molar-refractivity contribution in [1.82, 2.24) is 9.97 Å². The average molecular weight is 176 g/mol. The molecule has 1 aromatic heterocycles. The van der Waals surface area contributed by atoms with Crippen molar-refractivity contribution in [1.29, 1.82) is 0 Å². The zero-order chi connectivity index (χ0) is 8.93. The number of nitrogens with zero attached hydrogens (tertiary/aromatic N) is 2. The van der Waals surface area contributed by atoms with Gasteiger partial charge in [-0.05, 0) is 18.8 Å². The fourth-order valence-corrected chi connectivity index (χ4v) is 1.37. The van der Waals surface area contributed by atoms with Gasteiger partial charge in [-0.25, -0.2) is 4.98 Å². The van der Waals surface area contributed by atoms with Gasteiger partial charge in [-0.2, -0.15) is 0 Å². The lowest BCUT2D eigenvalue weighted by atomic mass is 10.1. The van der Waals surface area contributed by atoms with Crippen LogP contribution >= 0.6 is 0 Å². The Balaban J connectivity index is 1.80. The quantitative estimate of drug-likeness (QED) is 0.659. The summed E-state index contributed by atoms with van der Waals surface area (Å²) >= 11 is 0. The lowest BCUT2D eigenvalue weighted by Crippen LogP contribution is -2.09. The molecule has 1 aromatic rings. The largest absolute Gasteiger partial charge is 0.476 e. The lowest BCUT2D eigenvalue weighted by Gasteiger charge is -2.09. The van der Waals surface area contributed by atoms with Gasteiger partial charge in [0, 0.05) is 12.4 Å². The Morgan fingerprint density at radius 2 is 2.15 bits per heavy atom. The molecule has 0 saturated carbocycles. The third kappa shape index (κ3) is 2.28. The van der Waals surface area contributed by atoms with Crippen molar-refractivity contribution >= 4 is 0 Å². The van der Waals surface area contributed by atoms with Crippen LogP contribution in [0.2, 0.25) is 0 Å². The van der Waals surface area contributed by atoms with Crippen LogP contribution in [0.25, 0.3) is 0 Å². The summed E-state index contributed by atoms with van der Waals surface area (Å²) in [5.74, 6) is 1.25. The van der Waals surface area contributed by atoms with E-state index in [-0.39, 0.29) is 0 Å². The van der Waals surface area contributed by atoms with Gasteiger partial charge in [-0.1, -0.05) is 12.2 Å². The smallest absolute Gasteiger partial charge is 0.232 e. The Morgan fingerprint density at radius 3 is 2.85 bits per heavy atom. The molecular formula is C10H12N2O. The second-order valence-electron chi connectivity index (χ2n) is 3.16. The van der Waals surface area contributed by atoms with Crippen molar-refractivity contribution in [3.63, 3.8) is 0 Å². The molecule has 0 atom stereocenters. The summed E-state index contributed by atoms with van der Waals surface area (Å²) in [7, 11) is 0. The third-order valence-corrected chi connectivity index (χ3v) is 2.11. The van der Waals surface area contributed by atoms with E-state index in [1.54, 1.807) is 18.6 Å². The fraction of sp³-hybridized carbons (Fsp3) is 0.400. The highest BCUT2D eigenvalue weighted by molar-refractivity contribution is 5.02. The first-order valence-electron chi connectivity index (χ1n) is 4.49. The van der Waals surface area contributed by atoms with Crippen LogP contribution in [0.1, 0.15) is 12.8 Å². The van der Waals surface area contributed by atoms with Gasteiger partial charge >= 0.3 is 0 Å². The predicted molar refractivity (Wildman–Crippen MR) is 49.4 cm³/mol. The first-order valence-corrected chi connectivity index (χ1v) is 4.49. The summed E-state index contributed by atoms with van der Waals surface area (Å²) in [5, 5.41) is 0. The first kappa shape index (κ1) is 8.23. The van der Waals surface area contributed by atoms with Crippen molar-refractivity contribution in [3.8, 4) is 5.88 Å². The number of aromatic nitrogens is 2. The number of hydrogen-bond donors (Lipinski definition) is 0. The second kappa shape index (κ2) is 4.03. The van der Waals surface area contributed by atoms with Gasteiger partial charge in [-0.3, -0.25) is 4.98 Å². The van der Waals surface area contributed by atoms with Crippen LogP contribution in [-0.2, 0) is 0 Å². The average Bonchev–Trinajstić information content (AvgIpc) is 2.69. The minimum atomic E-state index is 0.620. The van der Waals surface area contributed by atoms with Gasteiger partial charge in [0.2, 0.25) is 5.88 Å². The summed E-state index contributed by atoms with van der Waals surface area (Å²) in [4.78, 5) is 7.96. The topological polar surface area (TPSA) is 35.0 Å². The molecule has 0 aliphatic heterocycles. The normalized spacial score (nSPS) is 16.3. The Morgan fingerprint density at radius 1 is 1.31 bits per heavy atom. The number of allylic oxidation sites excluding steroid dienone is 2. The molecule has 0 amide bonds. The molecule has 3 heteroatoms. The molecule has 0 fully saturated rings. The number of hydrogen-bond acceptors (Lipinski definition) is 3. The maximum Gasteiger partial charge on any atom is 0.232 e. The molecule has 3 nitrogen and oxygen atoms in total. The van der Waals surface area contributed by atoms with Crippen LogP contribution in [0.15, 0.2) is 30.7 Å². The Bertz CT molecular complexity index is 276. The van der Waals surface area contributed by atoms with E-state index in [9.17, 15) is 0 Å². The van der Waals surface area contributed by atoms with E-state index in [2.05, 4.69) is 22.1 Å². The van der Waals surface area contributed by atoms with Gasteiger partial charge in [0.05, 0.1) is 12.8 Å². The van der Waals surface area contributed by atoms with E-state index in [0.717, 1.165) is 19.4 Å². The maximum absolute atomic E-state index is 5.48. The Labute approximate surface area is 77.5 Å². The van der Waals surface area contributed by atoms with Crippen LogP contribution in [0.5, 0.6) is 5.88 Å². The monoisotopic (exact) mass is 176 g/mol. The van der Waals surface area contributed by atoms with Crippen LogP contribution in [0, 0.1) is 5.92 Å². The second-order valence-corrected chi connectivity index (χ2v) is 3.16. The number of ether oxygens (including phenoxy) is 1. The Kier molecular flexibility index (Phi) is 2.55. The zero-order valence-corrected chi connectivity index (χ0v) is 7.39. The number of rotatable bonds is 3. The van der Waals surface area contributed by atoms with Gasteiger partial charge in [0.25, 0.3) is 0 Å². The molecule has 1 aliphatic rings. The standard InChI is InChI=1S/C10H12N2O/c1-2-4-9(3-1)8-13-10-7-11-5-6-12-10/h1-2,5-7,9H,3-4,8H2. The highest BCUT2D eigenvalue weighted by Crippen LogP contribution is 2.18. The van der Waals surface area contributed by atoms with Crippen molar-refractivity contribution in [2.24, 2.45) is 5.92 Å². The van der Waals surface area contributed by atoms with Crippen molar-refractivity contribution in [2.75, 3.05) is 6.61 Å². The molecule has 0 saturated heterocycles. The van der Waals surface area contributed by atoms with E-state index in [4.69, 9.17) is 4.74 Å². The van der Waals surface area contributed by atoms with Crippen molar-refractivity contribution < 1.29 is 4.74 Å². The minimum Gasteiger partial charge on any atom is -0.476 e. The lowest BCUT2D eigenvalue weighted by molar-refractivity contribution is 0.246. The summed E-state index contributed by atoms with van der Waals surface area (Å²) in [6, 6.07) is 0. The third-order valence-electron chi connectivity index (χ3n) is 2.11. The molecule has 0 aromatic carbocycles. The van der Waals surface area contributed by atoms with E-state index in [1.807, 2.05) is 0 Å². The van der Waals surface area contributed by atoms with E-state index in [0.29, 0.717) is 11.8 Å². The molecule has 68 valence electrons. The molecule has 13 heavy (non-hydrogen) atoms. The predicted octanol–water partition coefficient (Wildman–Crippen LogP) is 1.82. The summed E-state index contributed by atoms with van der Waals surface area (Å²) in [6.45, 7) is 0.742. The fourth-order valence-electron chi connectivity index (χ4n) is 1.37. The van der Waals surface area contributed by atoms with Crippen LogP contribution in [0.3, 0.4) is 0 Å². The van der Waals surface area contributed by atoms with Crippen LogP contribution in [0.4, 0.5) is 0 Å². The SMILES string of the molecule is C1=CCC(COc2cnccn2)C1. The van der Waals surface area contributed by atoms with Crippen molar-refractivity contribution in [2.45, 2.75) is 12.8 Å². The minimum absolute atomic E-state index is 0.620. The molecule has 0 radical (unpaired) electrons.